The Morgan fingerprint density at radius 3 is 2.73 bits per heavy atom. The molecule has 0 aromatic heterocycles. The third-order valence-corrected chi connectivity index (χ3v) is 3.37. The van der Waals surface area contributed by atoms with Gasteiger partial charge in [0.1, 0.15) is 5.82 Å². The van der Waals surface area contributed by atoms with Gasteiger partial charge in [-0.3, -0.25) is 0 Å². The third-order valence-electron chi connectivity index (χ3n) is 2.92. The van der Waals surface area contributed by atoms with E-state index in [2.05, 4.69) is 15.9 Å². The second-order valence-corrected chi connectivity index (χ2v) is 5.23. The standard InChI is InChI=1S/C12H15BrFN/c13-10-5-8(6-11(14)7-10)1-4-12(15)9-2-3-9/h5-7,9,12H,1-4,15H2. The summed E-state index contributed by atoms with van der Waals surface area (Å²) < 4.78 is 13.9. The predicted octanol–water partition coefficient (Wildman–Crippen LogP) is 3.26. The summed E-state index contributed by atoms with van der Waals surface area (Å²) in [6.45, 7) is 0. The molecule has 0 saturated heterocycles. The highest BCUT2D eigenvalue weighted by Gasteiger charge is 2.27. The number of halogens is 2. The first-order chi connectivity index (χ1) is 7.15. The normalized spacial score (nSPS) is 17.8. The second kappa shape index (κ2) is 4.62. The first-order valence-electron chi connectivity index (χ1n) is 5.35. The van der Waals surface area contributed by atoms with Crippen LogP contribution < -0.4 is 5.73 Å². The van der Waals surface area contributed by atoms with Gasteiger partial charge in [0.05, 0.1) is 0 Å². The van der Waals surface area contributed by atoms with Crippen LogP contribution in [0.5, 0.6) is 0 Å². The van der Waals surface area contributed by atoms with Crippen molar-refractivity contribution in [3.63, 3.8) is 0 Å². The van der Waals surface area contributed by atoms with E-state index >= 15 is 0 Å². The zero-order chi connectivity index (χ0) is 10.8. The topological polar surface area (TPSA) is 26.0 Å². The highest BCUT2D eigenvalue weighted by molar-refractivity contribution is 9.10. The van der Waals surface area contributed by atoms with Crippen molar-refractivity contribution in [2.45, 2.75) is 31.7 Å². The van der Waals surface area contributed by atoms with E-state index in [1.165, 1.54) is 18.9 Å². The van der Waals surface area contributed by atoms with Crippen molar-refractivity contribution >= 4 is 15.9 Å². The summed E-state index contributed by atoms with van der Waals surface area (Å²) in [5.41, 5.74) is 7.02. The van der Waals surface area contributed by atoms with Crippen LogP contribution in [-0.2, 0) is 6.42 Å². The number of nitrogens with two attached hydrogens (primary N) is 1. The smallest absolute Gasteiger partial charge is 0.124 e. The Morgan fingerprint density at radius 2 is 2.13 bits per heavy atom. The van der Waals surface area contributed by atoms with E-state index in [1.54, 1.807) is 6.07 Å². The van der Waals surface area contributed by atoms with E-state index in [4.69, 9.17) is 5.73 Å². The summed E-state index contributed by atoms with van der Waals surface area (Å²) in [7, 11) is 0. The molecule has 0 radical (unpaired) electrons. The SMILES string of the molecule is NC(CCc1cc(F)cc(Br)c1)C1CC1. The van der Waals surface area contributed by atoms with Gasteiger partial charge in [-0.15, -0.1) is 0 Å². The molecule has 0 bridgehead atoms. The lowest BCUT2D eigenvalue weighted by Gasteiger charge is -2.10. The third kappa shape index (κ3) is 3.28. The van der Waals surface area contributed by atoms with Gasteiger partial charge in [0, 0.05) is 10.5 Å². The van der Waals surface area contributed by atoms with Crippen molar-refractivity contribution < 1.29 is 4.39 Å². The molecule has 1 aliphatic carbocycles. The molecule has 0 heterocycles. The van der Waals surface area contributed by atoms with Crippen LogP contribution in [0.25, 0.3) is 0 Å². The average molecular weight is 272 g/mol. The van der Waals surface area contributed by atoms with E-state index < -0.39 is 0 Å². The van der Waals surface area contributed by atoms with Crippen LogP contribution in [0.4, 0.5) is 4.39 Å². The minimum absolute atomic E-state index is 0.181. The van der Waals surface area contributed by atoms with Crippen molar-refractivity contribution in [3.8, 4) is 0 Å². The zero-order valence-electron chi connectivity index (χ0n) is 8.55. The van der Waals surface area contributed by atoms with Crippen molar-refractivity contribution in [2.75, 3.05) is 0 Å². The van der Waals surface area contributed by atoms with Crippen LogP contribution in [-0.4, -0.2) is 6.04 Å². The Kier molecular flexibility index (Phi) is 3.42. The van der Waals surface area contributed by atoms with E-state index in [0.29, 0.717) is 6.04 Å². The molecule has 3 heteroatoms. The summed E-state index contributed by atoms with van der Waals surface area (Å²) in [5, 5.41) is 0. The summed E-state index contributed by atoms with van der Waals surface area (Å²) in [6.07, 6.45) is 4.37. The molecule has 0 aliphatic heterocycles. The largest absolute Gasteiger partial charge is 0.327 e. The zero-order valence-corrected chi connectivity index (χ0v) is 10.1. The van der Waals surface area contributed by atoms with E-state index in [9.17, 15) is 4.39 Å². The Labute approximate surface area is 98.0 Å². The molecule has 0 amide bonds. The molecule has 1 aromatic carbocycles. The molecule has 1 atom stereocenters. The summed E-state index contributed by atoms with van der Waals surface area (Å²) in [4.78, 5) is 0. The Bertz CT molecular complexity index is 329. The lowest BCUT2D eigenvalue weighted by atomic mass is 10.0. The van der Waals surface area contributed by atoms with Crippen LogP contribution in [0.3, 0.4) is 0 Å². The van der Waals surface area contributed by atoms with Crippen LogP contribution in [0.2, 0.25) is 0 Å². The fourth-order valence-electron chi connectivity index (χ4n) is 1.85. The Balaban J connectivity index is 1.91. The number of rotatable bonds is 4. The monoisotopic (exact) mass is 271 g/mol. The molecule has 1 aliphatic rings. The van der Waals surface area contributed by atoms with Crippen LogP contribution >= 0.6 is 15.9 Å². The summed E-state index contributed by atoms with van der Waals surface area (Å²) in [6, 6.07) is 5.32. The van der Waals surface area contributed by atoms with Crippen LogP contribution in [0.1, 0.15) is 24.8 Å². The molecule has 2 N–H and O–H groups in total. The molecule has 2 rings (SSSR count). The van der Waals surface area contributed by atoms with E-state index in [1.807, 2.05) is 6.07 Å². The molecule has 82 valence electrons. The molecule has 1 fully saturated rings. The van der Waals surface area contributed by atoms with Crippen molar-refractivity contribution in [1.29, 1.82) is 0 Å². The number of hydrogen-bond donors (Lipinski definition) is 1. The number of benzene rings is 1. The lowest BCUT2D eigenvalue weighted by Crippen LogP contribution is -2.22. The Hall–Kier alpha value is -0.410. The molecule has 1 nitrogen and oxygen atoms in total. The molecule has 1 saturated carbocycles. The fourth-order valence-corrected chi connectivity index (χ4v) is 2.36. The van der Waals surface area contributed by atoms with Crippen molar-refractivity contribution in [1.82, 2.24) is 0 Å². The first kappa shape index (κ1) is 11.1. The van der Waals surface area contributed by atoms with Gasteiger partial charge in [-0.05, 0) is 55.4 Å². The average Bonchev–Trinajstić information content (AvgIpc) is 2.95. The van der Waals surface area contributed by atoms with E-state index in [0.717, 1.165) is 28.8 Å². The van der Waals surface area contributed by atoms with Gasteiger partial charge in [-0.25, -0.2) is 4.39 Å². The maximum atomic E-state index is 13.1. The predicted molar refractivity (Wildman–Crippen MR) is 63.1 cm³/mol. The summed E-state index contributed by atoms with van der Waals surface area (Å²) >= 11 is 3.29. The van der Waals surface area contributed by atoms with Crippen molar-refractivity contribution in [2.24, 2.45) is 11.7 Å². The summed E-state index contributed by atoms with van der Waals surface area (Å²) in [5.74, 6) is 0.543. The van der Waals surface area contributed by atoms with Crippen molar-refractivity contribution in [3.05, 3.63) is 34.1 Å². The molecule has 15 heavy (non-hydrogen) atoms. The minimum Gasteiger partial charge on any atom is -0.327 e. The molecule has 0 spiro atoms. The van der Waals surface area contributed by atoms with Crippen LogP contribution in [0, 0.1) is 11.7 Å². The fraction of sp³-hybridized carbons (Fsp3) is 0.500. The molecular formula is C12H15BrFN. The molecule has 1 aromatic rings. The van der Waals surface area contributed by atoms with Gasteiger partial charge in [0.15, 0.2) is 0 Å². The molecule has 1 unspecified atom stereocenters. The number of aryl methyl sites for hydroxylation is 1. The van der Waals surface area contributed by atoms with E-state index in [-0.39, 0.29) is 5.82 Å². The highest BCUT2D eigenvalue weighted by Crippen LogP contribution is 2.33. The van der Waals surface area contributed by atoms with Gasteiger partial charge in [0.25, 0.3) is 0 Å². The highest BCUT2D eigenvalue weighted by atomic mass is 79.9. The maximum absolute atomic E-state index is 13.1. The quantitative estimate of drug-likeness (QED) is 0.894. The second-order valence-electron chi connectivity index (χ2n) is 4.32. The Morgan fingerprint density at radius 1 is 1.40 bits per heavy atom. The van der Waals surface area contributed by atoms with Gasteiger partial charge >= 0.3 is 0 Å². The minimum atomic E-state index is -0.181. The van der Waals surface area contributed by atoms with Gasteiger partial charge in [0.2, 0.25) is 0 Å². The lowest BCUT2D eigenvalue weighted by molar-refractivity contribution is 0.548. The van der Waals surface area contributed by atoms with Crippen LogP contribution in [0.15, 0.2) is 22.7 Å². The maximum Gasteiger partial charge on any atom is 0.124 e. The first-order valence-corrected chi connectivity index (χ1v) is 6.15. The van der Waals surface area contributed by atoms with Gasteiger partial charge in [-0.1, -0.05) is 15.9 Å². The van der Waals surface area contributed by atoms with Gasteiger partial charge < -0.3 is 5.73 Å². The van der Waals surface area contributed by atoms with Gasteiger partial charge in [-0.2, -0.15) is 0 Å². The molecular weight excluding hydrogens is 257 g/mol. The number of hydrogen-bond acceptors (Lipinski definition) is 1.